The van der Waals surface area contributed by atoms with Crippen molar-refractivity contribution in [3.05, 3.63) is 11.8 Å². The molecule has 0 saturated carbocycles. The highest BCUT2D eigenvalue weighted by atomic mass is 16.5. The van der Waals surface area contributed by atoms with Gasteiger partial charge < -0.3 is 0 Å². The second kappa shape index (κ2) is 4.62. The number of nitrogens with one attached hydrogen (secondary N) is 1. The molecule has 2 N–H and O–H groups in total. The quantitative estimate of drug-likeness (QED) is 0.354. The predicted molar refractivity (Wildman–Crippen MR) is 42.5 cm³/mol. The summed E-state index contributed by atoms with van der Waals surface area (Å²) in [5.41, 5.74) is 2.72. The van der Waals surface area contributed by atoms with Gasteiger partial charge in [0.15, 0.2) is 0 Å². The van der Waals surface area contributed by atoms with Crippen LogP contribution in [0.2, 0.25) is 0 Å². The lowest BCUT2D eigenvalue weighted by Crippen LogP contribution is -2.25. The van der Waals surface area contributed by atoms with E-state index < -0.39 is 5.91 Å². The summed E-state index contributed by atoms with van der Waals surface area (Å²) in [5.74, 6) is -0.581. The zero-order valence-electron chi connectivity index (χ0n) is 6.88. The molecule has 0 aliphatic carbocycles. The molecule has 0 radical (unpaired) electrons. The number of amides is 1. The van der Waals surface area contributed by atoms with Gasteiger partial charge in [-0.25, -0.2) is 5.48 Å². The molecule has 0 bridgehead atoms. The molecule has 0 heterocycles. The SMILES string of the molecule is CC(C)=CN=C(C)C(=O)NO. The smallest absolute Gasteiger partial charge is 0.288 e. The van der Waals surface area contributed by atoms with Gasteiger partial charge in [0.25, 0.3) is 5.91 Å². The van der Waals surface area contributed by atoms with Crippen molar-refractivity contribution >= 4 is 11.6 Å². The van der Waals surface area contributed by atoms with Gasteiger partial charge in [0, 0.05) is 6.20 Å². The van der Waals surface area contributed by atoms with Crippen molar-refractivity contribution in [3.8, 4) is 0 Å². The highest BCUT2D eigenvalue weighted by Gasteiger charge is 2.00. The maximum absolute atomic E-state index is 10.6. The van der Waals surface area contributed by atoms with E-state index in [-0.39, 0.29) is 5.71 Å². The number of hydroxylamine groups is 1. The lowest BCUT2D eigenvalue weighted by atomic mass is 10.4. The second-order valence-electron chi connectivity index (χ2n) is 2.36. The summed E-state index contributed by atoms with van der Waals surface area (Å²) in [4.78, 5) is 14.4. The van der Waals surface area contributed by atoms with Gasteiger partial charge in [0.1, 0.15) is 5.71 Å². The Morgan fingerprint density at radius 1 is 1.45 bits per heavy atom. The van der Waals surface area contributed by atoms with E-state index in [9.17, 15) is 4.79 Å². The minimum Gasteiger partial charge on any atom is -0.288 e. The van der Waals surface area contributed by atoms with Crippen LogP contribution in [-0.2, 0) is 4.79 Å². The highest BCUT2D eigenvalue weighted by molar-refractivity contribution is 6.37. The summed E-state index contributed by atoms with van der Waals surface area (Å²) < 4.78 is 0. The summed E-state index contributed by atoms with van der Waals surface area (Å²) in [6.45, 7) is 5.26. The first kappa shape index (κ1) is 9.84. The Hall–Kier alpha value is -1.16. The Kier molecular flexibility index (Phi) is 4.14. The molecule has 0 spiro atoms. The molecule has 0 fully saturated rings. The van der Waals surface area contributed by atoms with Gasteiger partial charge in [-0.15, -0.1) is 0 Å². The molecule has 0 aromatic heterocycles. The van der Waals surface area contributed by atoms with Crippen molar-refractivity contribution in [1.29, 1.82) is 0 Å². The molecular weight excluding hydrogens is 144 g/mol. The molecule has 0 rings (SSSR count). The first-order chi connectivity index (χ1) is 5.07. The van der Waals surface area contributed by atoms with Crippen LogP contribution in [0.1, 0.15) is 20.8 Å². The van der Waals surface area contributed by atoms with Crippen molar-refractivity contribution < 1.29 is 10.0 Å². The average molecular weight is 156 g/mol. The van der Waals surface area contributed by atoms with Gasteiger partial charge in [-0.05, 0) is 20.8 Å². The van der Waals surface area contributed by atoms with E-state index >= 15 is 0 Å². The topological polar surface area (TPSA) is 61.7 Å². The zero-order valence-corrected chi connectivity index (χ0v) is 6.88. The highest BCUT2D eigenvalue weighted by Crippen LogP contribution is 1.89. The Balaban J connectivity index is 4.23. The van der Waals surface area contributed by atoms with Crippen LogP contribution in [0.3, 0.4) is 0 Å². The monoisotopic (exact) mass is 156 g/mol. The van der Waals surface area contributed by atoms with Gasteiger partial charge in [-0.2, -0.15) is 0 Å². The van der Waals surface area contributed by atoms with E-state index in [1.165, 1.54) is 12.4 Å². The van der Waals surface area contributed by atoms with Crippen LogP contribution in [0, 0.1) is 0 Å². The largest absolute Gasteiger partial charge is 0.288 e. The predicted octanol–water partition coefficient (Wildman–Crippen LogP) is 0.876. The lowest BCUT2D eigenvalue weighted by molar-refractivity contribution is -0.122. The third-order valence-corrected chi connectivity index (χ3v) is 0.947. The molecule has 4 nitrogen and oxygen atoms in total. The molecule has 0 aliphatic heterocycles. The van der Waals surface area contributed by atoms with Crippen molar-refractivity contribution in [2.45, 2.75) is 20.8 Å². The number of carbonyl (C=O) groups excluding carboxylic acids is 1. The minimum atomic E-state index is -0.581. The first-order valence-electron chi connectivity index (χ1n) is 3.20. The number of aliphatic imine (C=N–C) groups is 1. The van der Waals surface area contributed by atoms with E-state index in [0.29, 0.717) is 0 Å². The average Bonchev–Trinajstić information content (AvgIpc) is 1.98. The number of hydrogen-bond donors (Lipinski definition) is 2. The number of allylic oxidation sites excluding steroid dienone is 1. The molecule has 0 aromatic rings. The normalized spacial score (nSPS) is 10.7. The van der Waals surface area contributed by atoms with Crippen LogP contribution < -0.4 is 5.48 Å². The third kappa shape index (κ3) is 4.27. The standard InChI is InChI=1S/C7H12N2O2/c1-5(2)4-8-6(3)7(10)9-11/h4,11H,1-3H3,(H,9,10). The van der Waals surface area contributed by atoms with E-state index in [0.717, 1.165) is 5.57 Å². The molecule has 0 atom stereocenters. The van der Waals surface area contributed by atoms with Crippen LogP contribution in [0.15, 0.2) is 16.8 Å². The van der Waals surface area contributed by atoms with Gasteiger partial charge in [0.2, 0.25) is 0 Å². The molecule has 0 unspecified atom stereocenters. The summed E-state index contributed by atoms with van der Waals surface area (Å²) in [6, 6.07) is 0. The van der Waals surface area contributed by atoms with Crippen molar-refractivity contribution in [3.63, 3.8) is 0 Å². The Labute approximate surface area is 65.6 Å². The summed E-state index contributed by atoms with van der Waals surface area (Å²) >= 11 is 0. The van der Waals surface area contributed by atoms with Crippen molar-refractivity contribution in [2.24, 2.45) is 4.99 Å². The van der Waals surface area contributed by atoms with Crippen LogP contribution in [-0.4, -0.2) is 16.8 Å². The summed E-state index contributed by atoms with van der Waals surface area (Å²) in [6.07, 6.45) is 1.56. The maximum atomic E-state index is 10.6. The van der Waals surface area contributed by atoms with Crippen LogP contribution in [0.4, 0.5) is 0 Å². The number of carbonyl (C=O) groups is 1. The van der Waals surface area contributed by atoms with Crippen molar-refractivity contribution in [1.82, 2.24) is 5.48 Å². The maximum Gasteiger partial charge on any atom is 0.288 e. The van der Waals surface area contributed by atoms with Crippen molar-refractivity contribution in [2.75, 3.05) is 0 Å². The third-order valence-electron chi connectivity index (χ3n) is 0.947. The van der Waals surface area contributed by atoms with Gasteiger partial charge in [-0.3, -0.25) is 15.0 Å². The van der Waals surface area contributed by atoms with Gasteiger partial charge in [-0.1, -0.05) is 5.57 Å². The van der Waals surface area contributed by atoms with Crippen LogP contribution in [0.25, 0.3) is 0 Å². The molecule has 1 amide bonds. The number of hydrogen-bond acceptors (Lipinski definition) is 3. The lowest BCUT2D eigenvalue weighted by Gasteiger charge is -1.93. The Bertz CT molecular complexity index is 202. The minimum absolute atomic E-state index is 0.230. The fourth-order valence-electron chi connectivity index (χ4n) is 0.365. The molecule has 0 aliphatic rings. The Morgan fingerprint density at radius 3 is 2.36 bits per heavy atom. The number of rotatable bonds is 2. The van der Waals surface area contributed by atoms with E-state index in [1.807, 2.05) is 13.8 Å². The van der Waals surface area contributed by atoms with Crippen LogP contribution in [0.5, 0.6) is 0 Å². The van der Waals surface area contributed by atoms with E-state index in [2.05, 4.69) is 4.99 Å². The van der Waals surface area contributed by atoms with E-state index in [1.54, 1.807) is 6.20 Å². The first-order valence-corrected chi connectivity index (χ1v) is 3.20. The molecule has 4 heteroatoms. The molecule has 62 valence electrons. The number of nitrogens with zero attached hydrogens (tertiary/aromatic N) is 1. The summed E-state index contributed by atoms with van der Waals surface area (Å²) in [5, 5.41) is 8.17. The van der Waals surface area contributed by atoms with Crippen LogP contribution >= 0.6 is 0 Å². The molecule has 0 saturated heterocycles. The molecule has 0 aromatic carbocycles. The molecular formula is C7H12N2O2. The van der Waals surface area contributed by atoms with E-state index in [4.69, 9.17) is 5.21 Å². The molecule has 11 heavy (non-hydrogen) atoms. The fraction of sp³-hybridized carbons (Fsp3) is 0.429. The zero-order chi connectivity index (χ0) is 8.85. The fourth-order valence-corrected chi connectivity index (χ4v) is 0.365. The summed E-state index contributed by atoms with van der Waals surface area (Å²) in [7, 11) is 0. The second-order valence-corrected chi connectivity index (χ2v) is 2.36. The van der Waals surface area contributed by atoms with Gasteiger partial charge in [0.05, 0.1) is 0 Å². The Morgan fingerprint density at radius 2 is 2.00 bits per heavy atom. The van der Waals surface area contributed by atoms with Gasteiger partial charge >= 0.3 is 0 Å².